The summed E-state index contributed by atoms with van der Waals surface area (Å²) in [6, 6.07) is 14.8. The van der Waals surface area contributed by atoms with Crippen LogP contribution in [0.3, 0.4) is 0 Å². The normalized spacial score (nSPS) is 12.4. The van der Waals surface area contributed by atoms with Crippen LogP contribution in [0, 0.1) is 5.82 Å². The first kappa shape index (κ1) is 18.0. The van der Waals surface area contributed by atoms with E-state index in [1.54, 1.807) is 12.1 Å². The standard InChI is InChI=1S/C18H21ClFO2Si/c1-23(2)21-13-15-8-9-16(12-17(15)20)22-18(10-11-19)14-6-4-3-5-7-14/h3-9,12,18H,10-11,13H2,1-2H3. The molecule has 1 atom stereocenters. The molecular formula is C18H21ClFO2Si. The quantitative estimate of drug-likeness (QED) is 0.472. The molecule has 2 aromatic rings. The van der Waals surface area contributed by atoms with Gasteiger partial charge in [-0.1, -0.05) is 36.4 Å². The molecule has 123 valence electrons. The molecule has 0 aliphatic carbocycles. The third-order valence-corrected chi connectivity index (χ3v) is 4.30. The molecule has 0 N–H and O–H groups in total. The molecule has 0 amide bonds. The van der Waals surface area contributed by atoms with Crippen molar-refractivity contribution >= 4 is 20.6 Å². The van der Waals surface area contributed by atoms with E-state index < -0.39 is 9.04 Å². The minimum Gasteiger partial charge on any atom is -0.486 e. The lowest BCUT2D eigenvalue weighted by Crippen LogP contribution is -2.10. The van der Waals surface area contributed by atoms with Crippen LogP contribution in [-0.4, -0.2) is 14.9 Å². The molecular weight excluding hydrogens is 331 g/mol. The van der Waals surface area contributed by atoms with Crippen molar-refractivity contribution in [2.24, 2.45) is 0 Å². The molecule has 5 heteroatoms. The van der Waals surface area contributed by atoms with E-state index in [1.165, 1.54) is 6.07 Å². The van der Waals surface area contributed by atoms with Gasteiger partial charge in [0.15, 0.2) is 0 Å². The van der Waals surface area contributed by atoms with Crippen molar-refractivity contribution < 1.29 is 13.6 Å². The first-order chi connectivity index (χ1) is 11.1. The third-order valence-electron chi connectivity index (χ3n) is 3.36. The second-order valence-electron chi connectivity index (χ2n) is 5.44. The van der Waals surface area contributed by atoms with Gasteiger partial charge in [0.25, 0.3) is 0 Å². The molecule has 1 radical (unpaired) electrons. The molecule has 0 fully saturated rings. The van der Waals surface area contributed by atoms with Gasteiger partial charge in [0, 0.05) is 23.9 Å². The Morgan fingerprint density at radius 3 is 2.48 bits per heavy atom. The molecule has 0 bridgehead atoms. The van der Waals surface area contributed by atoms with Crippen LogP contribution in [0.4, 0.5) is 4.39 Å². The van der Waals surface area contributed by atoms with Crippen LogP contribution in [0.2, 0.25) is 13.1 Å². The van der Waals surface area contributed by atoms with Crippen molar-refractivity contribution in [2.75, 3.05) is 5.88 Å². The highest BCUT2D eigenvalue weighted by Gasteiger charge is 2.14. The number of hydrogen-bond donors (Lipinski definition) is 0. The summed E-state index contributed by atoms with van der Waals surface area (Å²) >= 11 is 5.87. The zero-order valence-corrected chi connectivity index (χ0v) is 15.1. The molecule has 0 heterocycles. The minimum absolute atomic E-state index is 0.184. The Labute approximate surface area is 143 Å². The van der Waals surface area contributed by atoms with E-state index >= 15 is 0 Å². The number of benzene rings is 2. The van der Waals surface area contributed by atoms with Crippen molar-refractivity contribution in [3.05, 3.63) is 65.5 Å². The van der Waals surface area contributed by atoms with E-state index in [0.717, 1.165) is 5.56 Å². The second-order valence-corrected chi connectivity index (χ2v) is 7.93. The van der Waals surface area contributed by atoms with Gasteiger partial charge >= 0.3 is 0 Å². The molecule has 1 unspecified atom stereocenters. The molecule has 2 aromatic carbocycles. The number of alkyl halides is 1. The maximum atomic E-state index is 14.2. The first-order valence-electron chi connectivity index (χ1n) is 7.59. The SMILES string of the molecule is C[Si](C)OCc1ccc(OC(CCCl)c2ccccc2)cc1F. The Hall–Kier alpha value is -1.36. The van der Waals surface area contributed by atoms with Gasteiger partial charge < -0.3 is 9.16 Å². The lowest BCUT2D eigenvalue weighted by Gasteiger charge is -2.19. The van der Waals surface area contributed by atoms with Gasteiger partial charge in [-0.15, -0.1) is 11.6 Å². The number of halogens is 2. The summed E-state index contributed by atoms with van der Waals surface area (Å²) in [5, 5.41) is 0. The molecule has 23 heavy (non-hydrogen) atoms. The van der Waals surface area contributed by atoms with Gasteiger partial charge in [-0.2, -0.15) is 0 Å². The zero-order valence-electron chi connectivity index (χ0n) is 13.4. The average Bonchev–Trinajstić information content (AvgIpc) is 2.54. The summed E-state index contributed by atoms with van der Waals surface area (Å²) in [7, 11) is -0.833. The Bertz CT molecular complexity index is 607. The summed E-state index contributed by atoms with van der Waals surface area (Å²) < 4.78 is 25.6. The Kier molecular flexibility index (Phi) is 7.08. The molecule has 0 aromatic heterocycles. The van der Waals surface area contributed by atoms with E-state index in [4.69, 9.17) is 20.8 Å². The van der Waals surface area contributed by atoms with Crippen LogP contribution in [-0.2, 0) is 11.0 Å². The average molecular weight is 352 g/mol. The van der Waals surface area contributed by atoms with E-state index in [0.29, 0.717) is 30.2 Å². The molecule has 0 aliphatic rings. The van der Waals surface area contributed by atoms with Gasteiger partial charge in [-0.3, -0.25) is 0 Å². The van der Waals surface area contributed by atoms with E-state index in [1.807, 2.05) is 43.4 Å². The van der Waals surface area contributed by atoms with Gasteiger partial charge in [0.05, 0.1) is 6.61 Å². The van der Waals surface area contributed by atoms with Crippen molar-refractivity contribution in [1.29, 1.82) is 0 Å². The second kappa shape index (κ2) is 9.06. The fraction of sp³-hybridized carbons (Fsp3) is 0.333. The third kappa shape index (κ3) is 5.64. The largest absolute Gasteiger partial charge is 0.486 e. The van der Waals surface area contributed by atoms with Crippen molar-refractivity contribution in [1.82, 2.24) is 0 Å². The van der Waals surface area contributed by atoms with E-state index in [-0.39, 0.29) is 11.9 Å². The van der Waals surface area contributed by atoms with Gasteiger partial charge in [-0.25, -0.2) is 4.39 Å². The summed E-state index contributed by atoms with van der Waals surface area (Å²) in [4.78, 5) is 0. The Balaban J connectivity index is 2.10. The lowest BCUT2D eigenvalue weighted by molar-refractivity contribution is 0.201. The first-order valence-corrected chi connectivity index (χ1v) is 10.5. The number of hydrogen-bond acceptors (Lipinski definition) is 2. The fourth-order valence-electron chi connectivity index (χ4n) is 2.17. The van der Waals surface area contributed by atoms with Crippen molar-refractivity contribution in [3.63, 3.8) is 0 Å². The molecule has 2 rings (SSSR count). The van der Waals surface area contributed by atoms with E-state index in [9.17, 15) is 4.39 Å². The highest BCUT2D eigenvalue weighted by molar-refractivity contribution is 6.48. The number of rotatable bonds is 8. The van der Waals surface area contributed by atoms with Crippen LogP contribution < -0.4 is 4.74 Å². The van der Waals surface area contributed by atoms with Crippen LogP contribution in [0.1, 0.15) is 23.7 Å². The van der Waals surface area contributed by atoms with Crippen LogP contribution in [0.15, 0.2) is 48.5 Å². The van der Waals surface area contributed by atoms with Crippen LogP contribution >= 0.6 is 11.6 Å². The monoisotopic (exact) mass is 351 g/mol. The predicted octanol–water partition coefficient (Wildman–Crippen LogP) is 5.34. The van der Waals surface area contributed by atoms with Crippen molar-refractivity contribution in [3.8, 4) is 5.75 Å². The van der Waals surface area contributed by atoms with Crippen LogP contribution in [0.5, 0.6) is 5.75 Å². The summed E-state index contributed by atoms with van der Waals surface area (Å²) in [6.45, 7) is 4.35. The Morgan fingerprint density at radius 1 is 1.13 bits per heavy atom. The maximum Gasteiger partial charge on any atom is 0.205 e. The summed E-state index contributed by atoms with van der Waals surface area (Å²) in [6.07, 6.45) is 0.478. The molecule has 0 saturated heterocycles. The lowest BCUT2D eigenvalue weighted by atomic mass is 10.1. The zero-order chi connectivity index (χ0) is 16.7. The molecule has 0 aliphatic heterocycles. The maximum absolute atomic E-state index is 14.2. The molecule has 0 spiro atoms. The molecule has 2 nitrogen and oxygen atoms in total. The minimum atomic E-state index is -0.833. The fourth-order valence-corrected chi connectivity index (χ4v) is 2.81. The van der Waals surface area contributed by atoms with Crippen LogP contribution in [0.25, 0.3) is 0 Å². The van der Waals surface area contributed by atoms with Gasteiger partial charge in [0.1, 0.15) is 17.7 Å². The summed E-state index contributed by atoms with van der Waals surface area (Å²) in [5.41, 5.74) is 1.59. The van der Waals surface area contributed by atoms with E-state index in [2.05, 4.69) is 0 Å². The smallest absolute Gasteiger partial charge is 0.205 e. The summed E-state index contributed by atoms with van der Waals surface area (Å²) in [5.74, 6) is 0.679. The topological polar surface area (TPSA) is 18.5 Å². The predicted molar refractivity (Wildman–Crippen MR) is 93.8 cm³/mol. The Morgan fingerprint density at radius 2 is 1.87 bits per heavy atom. The van der Waals surface area contributed by atoms with Crippen molar-refractivity contribution in [2.45, 2.75) is 32.2 Å². The number of ether oxygens (including phenoxy) is 1. The highest BCUT2D eigenvalue weighted by atomic mass is 35.5. The molecule has 0 saturated carbocycles. The van der Waals surface area contributed by atoms with Gasteiger partial charge in [0.2, 0.25) is 9.04 Å². The highest BCUT2D eigenvalue weighted by Crippen LogP contribution is 2.27. The van der Waals surface area contributed by atoms with Gasteiger partial charge in [-0.05, 0) is 24.7 Å².